The van der Waals surface area contributed by atoms with Gasteiger partial charge in [-0.25, -0.2) is 9.18 Å². The summed E-state index contributed by atoms with van der Waals surface area (Å²) in [5, 5.41) is 14.2. The van der Waals surface area contributed by atoms with Gasteiger partial charge in [0, 0.05) is 23.7 Å². The number of aryl methyl sites for hydroxylation is 1. The van der Waals surface area contributed by atoms with E-state index in [9.17, 15) is 9.18 Å². The minimum atomic E-state index is -0.515. The summed E-state index contributed by atoms with van der Waals surface area (Å²) in [6, 6.07) is 16.2. The van der Waals surface area contributed by atoms with Gasteiger partial charge in [0.25, 0.3) is 0 Å². The van der Waals surface area contributed by atoms with Crippen LogP contribution in [0.4, 0.5) is 4.39 Å². The van der Waals surface area contributed by atoms with Crippen molar-refractivity contribution >= 4 is 0 Å². The number of rotatable bonds is 9. The third-order valence-electron chi connectivity index (χ3n) is 6.23. The van der Waals surface area contributed by atoms with Crippen molar-refractivity contribution in [2.45, 2.75) is 32.7 Å². The van der Waals surface area contributed by atoms with E-state index < -0.39 is 5.82 Å². The van der Waals surface area contributed by atoms with E-state index in [0.717, 1.165) is 35.2 Å². The Kier molecular flexibility index (Phi) is 6.89. The van der Waals surface area contributed by atoms with E-state index in [1.54, 1.807) is 29.1 Å². The lowest BCUT2D eigenvalue weighted by Gasteiger charge is -2.10. The highest BCUT2D eigenvalue weighted by atomic mass is 19.1. The number of unbranched alkanes of at least 4 members (excludes halogenated alkanes) is 1. The summed E-state index contributed by atoms with van der Waals surface area (Å²) in [6.45, 7) is 2.45. The largest absolute Gasteiger partial charge is 0.494 e. The molecule has 0 saturated heterocycles. The number of pyridine rings is 1. The van der Waals surface area contributed by atoms with Crippen LogP contribution in [0, 0.1) is 5.82 Å². The number of para-hydroxylation sites is 1. The quantitative estimate of drug-likeness (QED) is 0.322. The molecule has 0 unspecified atom stereocenters. The predicted octanol–water partition coefficient (Wildman–Crippen LogP) is 4.42. The summed E-state index contributed by atoms with van der Waals surface area (Å²) >= 11 is 0. The number of tetrazole rings is 1. The molecule has 2 aromatic carbocycles. The highest BCUT2D eigenvalue weighted by Gasteiger charge is 2.19. The van der Waals surface area contributed by atoms with Crippen LogP contribution >= 0.6 is 0 Å². The number of nitrogens with one attached hydrogen (secondary N) is 1. The molecule has 10 heteroatoms. The van der Waals surface area contributed by atoms with Gasteiger partial charge in [-0.05, 0) is 47.4 Å². The molecular formula is C27H26FN7O2. The second kappa shape index (κ2) is 10.6. The van der Waals surface area contributed by atoms with Gasteiger partial charge >= 0.3 is 5.69 Å². The Morgan fingerprint density at radius 3 is 2.65 bits per heavy atom. The first-order valence-electron chi connectivity index (χ1n) is 12.0. The van der Waals surface area contributed by atoms with Gasteiger partial charge in [-0.1, -0.05) is 49.7 Å². The van der Waals surface area contributed by atoms with Gasteiger partial charge in [0.2, 0.25) is 5.82 Å². The lowest BCUT2D eigenvalue weighted by atomic mass is 10.0. The molecular weight excluding hydrogens is 473 g/mol. The Balaban J connectivity index is 1.50. The first kappa shape index (κ1) is 24.1. The molecule has 3 heterocycles. The van der Waals surface area contributed by atoms with Crippen LogP contribution in [0.5, 0.6) is 5.75 Å². The molecule has 0 radical (unpaired) electrons. The number of nitrogens with zero attached hydrogens (tertiary/aromatic N) is 6. The predicted molar refractivity (Wildman–Crippen MR) is 137 cm³/mol. The van der Waals surface area contributed by atoms with E-state index in [0.29, 0.717) is 30.2 Å². The molecule has 0 aliphatic rings. The van der Waals surface area contributed by atoms with E-state index in [2.05, 4.69) is 32.5 Å². The zero-order valence-electron chi connectivity index (χ0n) is 20.6. The Hall–Kier alpha value is -4.60. The number of aromatic nitrogens is 7. The third-order valence-corrected chi connectivity index (χ3v) is 6.23. The van der Waals surface area contributed by atoms with Crippen LogP contribution < -0.4 is 10.4 Å². The number of halogens is 1. The molecule has 0 fully saturated rings. The number of hydrogen-bond acceptors (Lipinski definition) is 6. The smallest absolute Gasteiger partial charge is 0.333 e. The van der Waals surface area contributed by atoms with Crippen molar-refractivity contribution in [2.75, 3.05) is 7.11 Å². The fourth-order valence-electron chi connectivity index (χ4n) is 4.36. The standard InChI is InChI=1S/C27H26FN7O2/c1-3-4-7-20-17-35(25-22(28)9-5-10-23(25)37-2)27(36)34(20)16-18-11-13-19(14-12-18)21-8-6-15-29-24(21)26-30-32-33-31-26/h5-6,8-15,17H,3-4,7,16H2,1-2H3,(H,30,31,32,33). The number of ether oxygens (including phenoxy) is 1. The van der Waals surface area contributed by atoms with Crippen LogP contribution in [0.3, 0.4) is 0 Å². The number of benzene rings is 2. The Bertz CT molecular complexity index is 1560. The average molecular weight is 500 g/mol. The summed E-state index contributed by atoms with van der Waals surface area (Å²) in [5.41, 5.74) is 4.01. The van der Waals surface area contributed by atoms with Gasteiger partial charge in [-0.2, -0.15) is 5.21 Å². The van der Waals surface area contributed by atoms with Crippen LogP contribution in [0.15, 0.2) is 71.8 Å². The first-order chi connectivity index (χ1) is 18.1. The Morgan fingerprint density at radius 1 is 1.08 bits per heavy atom. The van der Waals surface area contributed by atoms with Crippen molar-refractivity contribution in [2.24, 2.45) is 0 Å². The minimum Gasteiger partial charge on any atom is -0.494 e. The summed E-state index contributed by atoms with van der Waals surface area (Å²) in [4.78, 5) is 17.9. The Morgan fingerprint density at radius 2 is 1.92 bits per heavy atom. The second-order valence-corrected chi connectivity index (χ2v) is 8.59. The van der Waals surface area contributed by atoms with Gasteiger partial charge < -0.3 is 4.74 Å². The highest BCUT2D eigenvalue weighted by Crippen LogP contribution is 2.28. The molecule has 5 aromatic rings. The van der Waals surface area contributed by atoms with Crippen molar-refractivity contribution < 1.29 is 9.13 Å². The van der Waals surface area contributed by atoms with Gasteiger partial charge in [0.05, 0.1) is 13.7 Å². The van der Waals surface area contributed by atoms with Crippen molar-refractivity contribution in [3.63, 3.8) is 0 Å². The van der Waals surface area contributed by atoms with Crippen LogP contribution in [0.25, 0.3) is 28.3 Å². The maximum atomic E-state index is 14.8. The second-order valence-electron chi connectivity index (χ2n) is 8.59. The zero-order chi connectivity index (χ0) is 25.8. The zero-order valence-corrected chi connectivity index (χ0v) is 20.6. The highest BCUT2D eigenvalue weighted by molar-refractivity contribution is 5.77. The SMILES string of the molecule is CCCCc1cn(-c2c(F)cccc2OC)c(=O)n1Cc1ccc(-c2cccnc2-c2nn[nH]n2)cc1. The molecule has 0 atom stereocenters. The van der Waals surface area contributed by atoms with Gasteiger partial charge in [-0.15, -0.1) is 10.2 Å². The molecule has 0 spiro atoms. The van der Waals surface area contributed by atoms with E-state index in [1.807, 2.05) is 36.4 Å². The number of H-pyrrole nitrogens is 1. The van der Waals surface area contributed by atoms with Crippen molar-refractivity contribution in [3.05, 3.63) is 94.5 Å². The normalized spacial score (nSPS) is 11.1. The molecule has 0 aliphatic heterocycles. The summed E-state index contributed by atoms with van der Waals surface area (Å²) < 4.78 is 23.2. The van der Waals surface area contributed by atoms with Crippen LogP contribution in [-0.2, 0) is 13.0 Å². The molecule has 0 saturated carbocycles. The van der Waals surface area contributed by atoms with Gasteiger partial charge in [0.1, 0.15) is 17.1 Å². The minimum absolute atomic E-state index is 0.118. The molecule has 0 aliphatic carbocycles. The topological polar surface area (TPSA) is 104 Å². The van der Waals surface area contributed by atoms with E-state index in [4.69, 9.17) is 4.74 Å². The molecule has 1 N–H and O–H groups in total. The van der Waals surface area contributed by atoms with Crippen LogP contribution in [0.2, 0.25) is 0 Å². The van der Waals surface area contributed by atoms with E-state index >= 15 is 0 Å². The summed E-state index contributed by atoms with van der Waals surface area (Å²) in [7, 11) is 1.46. The molecule has 9 nitrogen and oxygen atoms in total. The number of imidazole rings is 1. The average Bonchev–Trinajstić information content (AvgIpc) is 3.57. The molecule has 5 rings (SSSR count). The lowest BCUT2D eigenvalue weighted by molar-refractivity contribution is 0.408. The molecule has 3 aromatic heterocycles. The molecule has 0 amide bonds. The van der Waals surface area contributed by atoms with Crippen molar-refractivity contribution in [1.82, 2.24) is 34.7 Å². The van der Waals surface area contributed by atoms with E-state index in [-0.39, 0.29) is 11.4 Å². The molecule has 37 heavy (non-hydrogen) atoms. The monoisotopic (exact) mass is 499 g/mol. The fraction of sp³-hybridized carbons (Fsp3) is 0.222. The summed E-state index contributed by atoms with van der Waals surface area (Å²) in [6.07, 6.45) is 6.00. The van der Waals surface area contributed by atoms with Crippen molar-refractivity contribution in [1.29, 1.82) is 0 Å². The lowest BCUT2D eigenvalue weighted by Crippen LogP contribution is -2.25. The maximum absolute atomic E-state index is 14.8. The number of methoxy groups -OCH3 is 1. The maximum Gasteiger partial charge on any atom is 0.333 e. The van der Waals surface area contributed by atoms with Gasteiger partial charge in [0.15, 0.2) is 5.82 Å². The first-order valence-corrected chi connectivity index (χ1v) is 12.0. The number of hydrogen-bond donors (Lipinski definition) is 1. The Labute approximate surface area is 212 Å². The van der Waals surface area contributed by atoms with Crippen molar-refractivity contribution in [3.8, 4) is 34.1 Å². The molecule has 188 valence electrons. The number of aromatic amines is 1. The van der Waals surface area contributed by atoms with Crippen LogP contribution in [-0.4, -0.2) is 41.9 Å². The fourth-order valence-corrected chi connectivity index (χ4v) is 4.36. The van der Waals surface area contributed by atoms with Gasteiger partial charge in [-0.3, -0.25) is 14.1 Å². The van der Waals surface area contributed by atoms with E-state index in [1.165, 1.54) is 17.7 Å². The summed E-state index contributed by atoms with van der Waals surface area (Å²) in [5.74, 6) is 0.204. The third kappa shape index (κ3) is 4.77. The molecule has 0 bridgehead atoms. The van der Waals surface area contributed by atoms with Crippen LogP contribution in [0.1, 0.15) is 31.0 Å².